The van der Waals surface area contributed by atoms with E-state index in [0.717, 1.165) is 0 Å². The molecule has 9 N–H and O–H groups in total. The molecule has 1 aromatic carbocycles. The molecule has 1 unspecified atom stereocenters. The number of anilines is 3. The Hall–Kier alpha value is -3.57. The van der Waals surface area contributed by atoms with Crippen LogP contribution in [-0.4, -0.2) is 42.7 Å². The summed E-state index contributed by atoms with van der Waals surface area (Å²) in [4.78, 5) is 27.6. The fourth-order valence-corrected chi connectivity index (χ4v) is 2.45. The number of aromatic nitrogens is 4. The monoisotopic (exact) mass is 370 g/mol. The van der Waals surface area contributed by atoms with Crippen molar-refractivity contribution in [2.45, 2.75) is 12.1 Å². The van der Waals surface area contributed by atoms with Crippen molar-refractivity contribution in [3.05, 3.63) is 41.7 Å². The number of fused-ring (bicyclic) bond motifs is 1. The number of aliphatic carboxylic acids is 1. The maximum absolute atomic E-state index is 11.2. The zero-order chi connectivity index (χ0) is 19.6. The van der Waals surface area contributed by atoms with Crippen molar-refractivity contribution in [3.63, 3.8) is 0 Å². The van der Waals surface area contributed by atoms with Gasteiger partial charge in [0.2, 0.25) is 5.95 Å². The van der Waals surface area contributed by atoms with Gasteiger partial charge in [-0.1, -0.05) is 12.1 Å². The molecule has 2 heterocycles. The van der Waals surface area contributed by atoms with Crippen molar-refractivity contribution >= 4 is 34.6 Å². The molecule has 2 aromatic heterocycles. The highest BCUT2D eigenvalue weighted by molar-refractivity contribution is 5.81. The first kappa shape index (κ1) is 18.2. The van der Waals surface area contributed by atoms with Crippen molar-refractivity contribution in [1.29, 1.82) is 0 Å². The second-order valence-corrected chi connectivity index (χ2v) is 5.80. The van der Waals surface area contributed by atoms with E-state index in [9.17, 15) is 9.90 Å². The highest BCUT2D eigenvalue weighted by Crippen LogP contribution is 2.22. The van der Waals surface area contributed by atoms with Crippen LogP contribution in [-0.2, 0) is 16.9 Å². The molecular formula is C16H18N8O3. The minimum Gasteiger partial charge on any atom is -0.479 e. The molecule has 11 nitrogen and oxygen atoms in total. The average molecular weight is 370 g/mol. The Bertz CT molecular complexity index is 995. The van der Waals surface area contributed by atoms with Gasteiger partial charge in [0.25, 0.3) is 0 Å². The van der Waals surface area contributed by atoms with E-state index in [4.69, 9.17) is 22.3 Å². The van der Waals surface area contributed by atoms with Crippen molar-refractivity contribution in [1.82, 2.24) is 19.9 Å². The van der Waals surface area contributed by atoms with Crippen LogP contribution in [0.3, 0.4) is 0 Å². The molecule has 0 aliphatic heterocycles. The maximum atomic E-state index is 11.2. The molecule has 0 saturated carbocycles. The number of nitrogen functional groups attached to an aromatic ring is 2. The van der Waals surface area contributed by atoms with E-state index in [1.807, 2.05) is 0 Å². The van der Waals surface area contributed by atoms with Crippen molar-refractivity contribution in [3.8, 4) is 0 Å². The number of nitrogens with one attached hydrogen (secondary N) is 1. The Morgan fingerprint density at radius 2 is 1.85 bits per heavy atom. The van der Waals surface area contributed by atoms with E-state index in [2.05, 4.69) is 25.3 Å². The number of benzene rings is 1. The highest BCUT2D eigenvalue weighted by Gasteiger charge is 2.36. The number of nitrogens with two attached hydrogens (primary N) is 3. The lowest BCUT2D eigenvalue weighted by atomic mass is 9.94. The standard InChI is InChI=1S/C16H18N8O3/c17-7-16(27,14(25)26)8-1-3-9(4-2-8)20-5-10-6-21-13-11(22-10)12(18)23-15(19)24-13/h1-4,6,20,27H,5,7,17H2,(H,25,26)(H4,18,19,21,23,24). The molecule has 11 heteroatoms. The number of aliphatic hydroxyl groups is 1. The van der Waals surface area contributed by atoms with Crippen LogP contribution in [0.4, 0.5) is 17.5 Å². The smallest absolute Gasteiger partial charge is 0.341 e. The number of carboxylic acids is 1. The molecule has 140 valence electrons. The van der Waals surface area contributed by atoms with Gasteiger partial charge in [0, 0.05) is 12.2 Å². The quantitative estimate of drug-likeness (QED) is 0.324. The summed E-state index contributed by atoms with van der Waals surface area (Å²) in [6, 6.07) is 6.24. The number of hydrogen-bond donors (Lipinski definition) is 6. The molecule has 27 heavy (non-hydrogen) atoms. The summed E-state index contributed by atoms with van der Waals surface area (Å²) in [6.45, 7) is -0.109. The molecule has 0 radical (unpaired) electrons. The third-order valence-corrected chi connectivity index (χ3v) is 3.99. The average Bonchev–Trinajstić information content (AvgIpc) is 2.66. The van der Waals surface area contributed by atoms with Crippen LogP contribution in [0.1, 0.15) is 11.3 Å². The number of hydrogen-bond acceptors (Lipinski definition) is 10. The minimum absolute atomic E-state index is 0.0269. The maximum Gasteiger partial charge on any atom is 0.341 e. The predicted molar refractivity (Wildman–Crippen MR) is 98.3 cm³/mol. The normalized spacial score (nSPS) is 13.3. The summed E-state index contributed by atoms with van der Waals surface area (Å²) in [7, 11) is 0. The molecule has 0 bridgehead atoms. The molecule has 0 aliphatic carbocycles. The summed E-state index contributed by atoms with van der Waals surface area (Å²) >= 11 is 0. The summed E-state index contributed by atoms with van der Waals surface area (Å²) in [5.74, 6) is -1.23. The molecule has 0 saturated heterocycles. The summed E-state index contributed by atoms with van der Waals surface area (Å²) in [5, 5.41) is 22.4. The van der Waals surface area contributed by atoms with Gasteiger partial charge < -0.3 is 32.7 Å². The van der Waals surface area contributed by atoms with Gasteiger partial charge in [-0.05, 0) is 17.7 Å². The number of carbonyl (C=O) groups is 1. The Morgan fingerprint density at radius 3 is 2.48 bits per heavy atom. The molecule has 0 aliphatic rings. The van der Waals surface area contributed by atoms with Crippen LogP contribution >= 0.6 is 0 Å². The number of rotatable bonds is 6. The SMILES string of the molecule is NCC(O)(C(=O)O)c1ccc(NCc2cnc3nc(N)nc(N)c3n2)cc1. The van der Waals surface area contributed by atoms with Crippen molar-refractivity contribution in [2.24, 2.45) is 5.73 Å². The van der Waals surface area contributed by atoms with Gasteiger partial charge in [-0.15, -0.1) is 0 Å². The minimum atomic E-state index is -2.12. The largest absolute Gasteiger partial charge is 0.479 e. The van der Waals surface area contributed by atoms with E-state index in [0.29, 0.717) is 29.1 Å². The summed E-state index contributed by atoms with van der Waals surface area (Å²) < 4.78 is 0. The first-order valence-electron chi connectivity index (χ1n) is 7.88. The van der Waals surface area contributed by atoms with Gasteiger partial charge in [-0.25, -0.2) is 14.8 Å². The molecule has 1 atom stereocenters. The molecule has 3 aromatic rings. The van der Waals surface area contributed by atoms with Gasteiger partial charge in [-0.3, -0.25) is 0 Å². The van der Waals surface area contributed by atoms with Crippen molar-refractivity contribution < 1.29 is 15.0 Å². The molecule has 0 spiro atoms. The lowest BCUT2D eigenvalue weighted by Gasteiger charge is -2.22. The third kappa shape index (κ3) is 3.54. The molecule has 0 amide bonds. The van der Waals surface area contributed by atoms with Crippen LogP contribution in [0, 0.1) is 0 Å². The van der Waals surface area contributed by atoms with Crippen LogP contribution in [0.2, 0.25) is 0 Å². The van der Waals surface area contributed by atoms with Crippen molar-refractivity contribution in [2.75, 3.05) is 23.3 Å². The van der Waals surface area contributed by atoms with E-state index in [-0.39, 0.29) is 17.3 Å². The van der Waals surface area contributed by atoms with E-state index >= 15 is 0 Å². The highest BCUT2D eigenvalue weighted by atomic mass is 16.4. The number of nitrogens with zero attached hydrogens (tertiary/aromatic N) is 4. The van der Waals surface area contributed by atoms with Gasteiger partial charge >= 0.3 is 5.97 Å². The van der Waals surface area contributed by atoms with Gasteiger partial charge in [0.05, 0.1) is 18.4 Å². The fraction of sp³-hybridized carbons (Fsp3) is 0.188. The van der Waals surface area contributed by atoms with E-state index < -0.39 is 18.1 Å². The lowest BCUT2D eigenvalue weighted by Crippen LogP contribution is -2.42. The topological polar surface area (TPSA) is 199 Å². The zero-order valence-corrected chi connectivity index (χ0v) is 14.1. The predicted octanol–water partition coefficient (Wildman–Crippen LogP) is -0.573. The summed E-state index contributed by atoms with van der Waals surface area (Å²) in [5.41, 5.74) is 16.7. The van der Waals surface area contributed by atoms with Crippen LogP contribution < -0.4 is 22.5 Å². The van der Waals surface area contributed by atoms with Crippen LogP contribution in [0.25, 0.3) is 11.2 Å². The lowest BCUT2D eigenvalue weighted by molar-refractivity contribution is -0.158. The Balaban J connectivity index is 1.75. The molecule has 0 fully saturated rings. The zero-order valence-electron chi connectivity index (χ0n) is 14.1. The first-order valence-corrected chi connectivity index (χ1v) is 7.88. The van der Waals surface area contributed by atoms with E-state index in [1.54, 1.807) is 12.1 Å². The van der Waals surface area contributed by atoms with Crippen LogP contribution in [0.15, 0.2) is 30.5 Å². The van der Waals surface area contributed by atoms with Gasteiger partial charge in [0.15, 0.2) is 22.6 Å². The Kier molecular flexibility index (Phi) is 4.71. The number of carboxylic acid groups (broad SMARTS) is 1. The Morgan fingerprint density at radius 1 is 1.15 bits per heavy atom. The fourth-order valence-electron chi connectivity index (χ4n) is 2.45. The van der Waals surface area contributed by atoms with Gasteiger partial charge in [0.1, 0.15) is 0 Å². The third-order valence-electron chi connectivity index (χ3n) is 3.99. The van der Waals surface area contributed by atoms with Gasteiger partial charge in [-0.2, -0.15) is 9.97 Å². The first-order chi connectivity index (χ1) is 12.8. The summed E-state index contributed by atoms with van der Waals surface area (Å²) in [6.07, 6.45) is 1.53. The molecule has 3 rings (SSSR count). The molecular weight excluding hydrogens is 352 g/mol. The second kappa shape index (κ2) is 6.97. The van der Waals surface area contributed by atoms with E-state index in [1.165, 1.54) is 18.3 Å². The Labute approximate surface area is 153 Å². The van der Waals surface area contributed by atoms with Crippen LogP contribution in [0.5, 0.6) is 0 Å². The second-order valence-electron chi connectivity index (χ2n) is 5.80.